The summed E-state index contributed by atoms with van der Waals surface area (Å²) in [6.07, 6.45) is 0.402. The van der Waals surface area contributed by atoms with Gasteiger partial charge in [-0.3, -0.25) is 0 Å². The molecule has 19 heavy (non-hydrogen) atoms. The summed E-state index contributed by atoms with van der Waals surface area (Å²) in [5.74, 6) is -0.304. The van der Waals surface area contributed by atoms with Crippen LogP contribution < -0.4 is 5.73 Å². The summed E-state index contributed by atoms with van der Waals surface area (Å²) in [5, 5.41) is 1.10. The van der Waals surface area contributed by atoms with Crippen molar-refractivity contribution in [3.63, 3.8) is 0 Å². The largest absolute Gasteiger partial charge is 0.324 e. The van der Waals surface area contributed by atoms with Gasteiger partial charge in [-0.25, -0.2) is 4.39 Å². The van der Waals surface area contributed by atoms with Gasteiger partial charge in [0.2, 0.25) is 0 Å². The van der Waals surface area contributed by atoms with Crippen LogP contribution in [0.2, 0.25) is 10.0 Å². The number of benzene rings is 2. The zero-order valence-electron chi connectivity index (χ0n) is 10.5. The van der Waals surface area contributed by atoms with Crippen LogP contribution in [0.1, 0.15) is 22.7 Å². The standard InChI is InChI=1S/C15H14Cl2FN/c1-9-5-6-14(18)11(7-9)15(19)8-10-12(16)3-2-4-13(10)17/h2-7,15H,8,19H2,1H3. The molecule has 0 aliphatic heterocycles. The molecule has 0 fully saturated rings. The number of halogens is 3. The molecule has 0 saturated heterocycles. The van der Waals surface area contributed by atoms with Crippen LogP contribution in [0, 0.1) is 12.7 Å². The Labute approximate surface area is 122 Å². The Morgan fingerprint density at radius 2 is 1.79 bits per heavy atom. The van der Waals surface area contributed by atoms with Gasteiger partial charge in [0.15, 0.2) is 0 Å². The molecule has 4 heteroatoms. The normalized spacial score (nSPS) is 12.5. The maximum Gasteiger partial charge on any atom is 0.128 e. The van der Waals surface area contributed by atoms with Crippen LogP contribution in [0.15, 0.2) is 36.4 Å². The van der Waals surface area contributed by atoms with E-state index in [0.29, 0.717) is 22.0 Å². The number of rotatable bonds is 3. The molecule has 1 atom stereocenters. The van der Waals surface area contributed by atoms with E-state index in [2.05, 4.69) is 0 Å². The highest BCUT2D eigenvalue weighted by molar-refractivity contribution is 6.36. The zero-order chi connectivity index (χ0) is 14.0. The van der Waals surface area contributed by atoms with Crippen LogP contribution in [-0.4, -0.2) is 0 Å². The van der Waals surface area contributed by atoms with E-state index in [0.717, 1.165) is 11.1 Å². The lowest BCUT2D eigenvalue weighted by Crippen LogP contribution is -2.15. The molecule has 0 bridgehead atoms. The van der Waals surface area contributed by atoms with Gasteiger partial charge < -0.3 is 5.73 Å². The SMILES string of the molecule is Cc1ccc(F)c(C(N)Cc2c(Cl)cccc2Cl)c1. The van der Waals surface area contributed by atoms with Crippen molar-refractivity contribution >= 4 is 23.2 Å². The van der Waals surface area contributed by atoms with Gasteiger partial charge in [-0.1, -0.05) is 47.0 Å². The first-order chi connectivity index (χ1) is 8.99. The van der Waals surface area contributed by atoms with Crippen molar-refractivity contribution in [1.29, 1.82) is 0 Å². The molecule has 2 aromatic rings. The third-order valence-corrected chi connectivity index (χ3v) is 3.74. The Morgan fingerprint density at radius 1 is 1.16 bits per heavy atom. The van der Waals surface area contributed by atoms with E-state index in [1.54, 1.807) is 30.3 Å². The highest BCUT2D eigenvalue weighted by Gasteiger charge is 2.15. The van der Waals surface area contributed by atoms with Crippen LogP contribution in [0.3, 0.4) is 0 Å². The molecule has 2 rings (SSSR count). The van der Waals surface area contributed by atoms with E-state index in [1.165, 1.54) is 6.07 Å². The van der Waals surface area contributed by atoms with Crippen molar-refractivity contribution in [3.05, 3.63) is 69.0 Å². The molecule has 0 amide bonds. The lowest BCUT2D eigenvalue weighted by atomic mass is 9.98. The fourth-order valence-corrected chi connectivity index (χ4v) is 2.56. The molecule has 0 spiro atoms. The van der Waals surface area contributed by atoms with Gasteiger partial charge in [-0.2, -0.15) is 0 Å². The van der Waals surface area contributed by atoms with E-state index < -0.39 is 6.04 Å². The third kappa shape index (κ3) is 3.27. The summed E-state index contributed by atoms with van der Waals surface area (Å²) in [4.78, 5) is 0. The zero-order valence-corrected chi connectivity index (χ0v) is 12.0. The van der Waals surface area contributed by atoms with Gasteiger partial charge in [0.25, 0.3) is 0 Å². The topological polar surface area (TPSA) is 26.0 Å². The predicted molar refractivity (Wildman–Crippen MR) is 78.2 cm³/mol. The fraction of sp³-hybridized carbons (Fsp3) is 0.200. The first-order valence-corrected chi connectivity index (χ1v) is 6.69. The van der Waals surface area contributed by atoms with E-state index in [1.807, 2.05) is 6.92 Å². The maximum atomic E-state index is 13.8. The molecule has 0 heterocycles. The Balaban J connectivity index is 2.31. The van der Waals surface area contributed by atoms with Crippen LogP contribution in [0.4, 0.5) is 4.39 Å². The maximum absolute atomic E-state index is 13.8. The summed E-state index contributed by atoms with van der Waals surface area (Å²) in [5.41, 5.74) is 8.28. The van der Waals surface area contributed by atoms with Gasteiger partial charge in [-0.15, -0.1) is 0 Å². The van der Waals surface area contributed by atoms with Gasteiger partial charge in [0.05, 0.1) is 0 Å². The van der Waals surface area contributed by atoms with Gasteiger partial charge in [0, 0.05) is 21.7 Å². The van der Waals surface area contributed by atoms with E-state index in [-0.39, 0.29) is 5.82 Å². The summed E-state index contributed by atoms with van der Waals surface area (Å²) < 4.78 is 13.8. The second-order valence-electron chi connectivity index (χ2n) is 4.54. The van der Waals surface area contributed by atoms with Gasteiger partial charge >= 0.3 is 0 Å². The van der Waals surface area contributed by atoms with Gasteiger partial charge in [0.1, 0.15) is 5.82 Å². The monoisotopic (exact) mass is 297 g/mol. The molecule has 0 radical (unpaired) electrons. The quantitative estimate of drug-likeness (QED) is 0.874. The molecule has 0 aromatic heterocycles. The van der Waals surface area contributed by atoms with E-state index >= 15 is 0 Å². The molecule has 100 valence electrons. The second-order valence-corrected chi connectivity index (χ2v) is 5.35. The van der Waals surface area contributed by atoms with Crippen molar-refractivity contribution in [2.24, 2.45) is 5.73 Å². The molecular formula is C15H14Cl2FN. The number of aryl methyl sites for hydroxylation is 1. The van der Waals surface area contributed by atoms with Crippen LogP contribution in [0.25, 0.3) is 0 Å². The first-order valence-electron chi connectivity index (χ1n) is 5.93. The predicted octanol–water partition coefficient (Wildman–Crippen LogP) is 4.68. The molecule has 0 saturated carbocycles. The van der Waals surface area contributed by atoms with E-state index in [4.69, 9.17) is 28.9 Å². The van der Waals surface area contributed by atoms with Crippen LogP contribution in [0.5, 0.6) is 0 Å². The van der Waals surface area contributed by atoms with Crippen LogP contribution in [-0.2, 0) is 6.42 Å². The summed E-state index contributed by atoms with van der Waals surface area (Å²) >= 11 is 12.2. The molecule has 1 unspecified atom stereocenters. The molecule has 0 aliphatic carbocycles. The lowest BCUT2D eigenvalue weighted by Gasteiger charge is -2.15. The Kier molecular flexibility index (Phi) is 4.46. The van der Waals surface area contributed by atoms with Crippen molar-refractivity contribution < 1.29 is 4.39 Å². The first kappa shape index (κ1) is 14.3. The minimum absolute atomic E-state index is 0.304. The lowest BCUT2D eigenvalue weighted by molar-refractivity contribution is 0.579. The smallest absolute Gasteiger partial charge is 0.128 e. The van der Waals surface area contributed by atoms with Gasteiger partial charge in [-0.05, 0) is 37.1 Å². The summed E-state index contributed by atoms with van der Waals surface area (Å²) in [7, 11) is 0. The van der Waals surface area contributed by atoms with Crippen molar-refractivity contribution in [1.82, 2.24) is 0 Å². The van der Waals surface area contributed by atoms with Crippen molar-refractivity contribution in [3.8, 4) is 0 Å². The molecular weight excluding hydrogens is 284 g/mol. The molecule has 1 nitrogen and oxygen atoms in total. The van der Waals surface area contributed by atoms with Crippen LogP contribution >= 0.6 is 23.2 Å². The average molecular weight is 298 g/mol. The Bertz CT molecular complexity index is 578. The molecule has 2 N–H and O–H groups in total. The highest BCUT2D eigenvalue weighted by Crippen LogP contribution is 2.29. The number of nitrogens with two attached hydrogens (primary N) is 1. The summed E-state index contributed by atoms with van der Waals surface area (Å²) in [6, 6.07) is 9.70. The second kappa shape index (κ2) is 5.91. The Hall–Kier alpha value is -1.09. The summed E-state index contributed by atoms with van der Waals surface area (Å²) in [6.45, 7) is 1.90. The van der Waals surface area contributed by atoms with E-state index in [9.17, 15) is 4.39 Å². The molecule has 0 aliphatic rings. The Morgan fingerprint density at radius 3 is 2.42 bits per heavy atom. The minimum atomic E-state index is -0.475. The number of hydrogen-bond acceptors (Lipinski definition) is 1. The highest BCUT2D eigenvalue weighted by atomic mass is 35.5. The fourth-order valence-electron chi connectivity index (χ4n) is 2.00. The third-order valence-electron chi connectivity index (χ3n) is 3.04. The molecule has 2 aromatic carbocycles. The van der Waals surface area contributed by atoms with Crippen molar-refractivity contribution in [2.45, 2.75) is 19.4 Å². The average Bonchev–Trinajstić information content (AvgIpc) is 2.37. The van der Waals surface area contributed by atoms with Crippen molar-refractivity contribution in [2.75, 3.05) is 0 Å². The minimum Gasteiger partial charge on any atom is -0.324 e. The number of hydrogen-bond donors (Lipinski definition) is 1.